The fourth-order valence-electron chi connectivity index (χ4n) is 7.21. The number of carbonyl (C=O) groups excluding carboxylic acids is 1. The highest BCUT2D eigenvalue weighted by atomic mass is 16.5. The van der Waals surface area contributed by atoms with Gasteiger partial charge in [0.2, 0.25) is 0 Å². The van der Waals surface area contributed by atoms with Crippen LogP contribution in [0.2, 0.25) is 0 Å². The first-order chi connectivity index (χ1) is 16.4. The van der Waals surface area contributed by atoms with Crippen molar-refractivity contribution in [3.05, 3.63) is 58.7 Å². The van der Waals surface area contributed by atoms with E-state index in [0.717, 1.165) is 35.5 Å². The molecule has 0 aromatic heterocycles. The predicted octanol–water partition coefficient (Wildman–Crippen LogP) is 3.23. The normalized spacial score (nSPS) is 34.6. The number of Topliss-reactive ketones (excluding diaryl/α,β-unsaturated/α-hetero) is 1. The second-order valence-corrected chi connectivity index (χ2v) is 10.7. The van der Waals surface area contributed by atoms with Crippen LogP contribution in [0.4, 0.5) is 0 Å². The van der Waals surface area contributed by atoms with Crippen LogP contribution in [0.15, 0.2) is 42.0 Å². The van der Waals surface area contributed by atoms with Crippen molar-refractivity contribution in [3.8, 4) is 17.2 Å². The van der Waals surface area contributed by atoms with Gasteiger partial charge in [-0.3, -0.25) is 9.69 Å². The van der Waals surface area contributed by atoms with E-state index in [9.17, 15) is 15.0 Å². The maximum Gasteiger partial charge on any atom is 0.200 e. The Balaban J connectivity index is 1.38. The summed E-state index contributed by atoms with van der Waals surface area (Å²) in [5.74, 6) is 1.83. The zero-order valence-corrected chi connectivity index (χ0v) is 19.3. The Kier molecular flexibility index (Phi) is 4.14. The molecular weight excluding hydrogens is 430 g/mol. The molecule has 2 saturated carbocycles. The fraction of sp³-hybridized carbons (Fsp3) is 0.464. The smallest absolute Gasteiger partial charge is 0.200 e. The van der Waals surface area contributed by atoms with Gasteiger partial charge in [0, 0.05) is 30.1 Å². The quantitative estimate of drug-likeness (QED) is 0.684. The summed E-state index contributed by atoms with van der Waals surface area (Å²) >= 11 is 0. The second-order valence-electron chi connectivity index (χ2n) is 10.7. The second kappa shape index (κ2) is 6.86. The molecule has 0 radical (unpaired) electrons. The number of rotatable bonds is 4. The minimum Gasteiger partial charge on any atom is -0.504 e. The van der Waals surface area contributed by atoms with Crippen molar-refractivity contribution in [2.24, 2.45) is 5.92 Å². The summed E-state index contributed by atoms with van der Waals surface area (Å²) in [6, 6.07) is 11.1. The van der Waals surface area contributed by atoms with Gasteiger partial charge in [0.1, 0.15) is 5.75 Å². The SMILES string of the molecule is COc1ccc(/C=C2/C[C@@]3(O)C4Cc5ccc(O)c6c5C3(CCN4CC3CC3)[C@@H](O6)C2=O)cc1. The third kappa shape index (κ3) is 2.56. The van der Waals surface area contributed by atoms with Gasteiger partial charge in [-0.15, -0.1) is 0 Å². The Morgan fingerprint density at radius 2 is 2.00 bits per heavy atom. The highest BCUT2D eigenvalue weighted by Gasteiger charge is 2.74. The molecule has 2 N–H and O–H groups in total. The van der Waals surface area contributed by atoms with Crippen molar-refractivity contribution in [2.75, 3.05) is 20.2 Å². The van der Waals surface area contributed by atoms with E-state index in [2.05, 4.69) is 4.90 Å². The number of methoxy groups -OCH3 is 1. The van der Waals surface area contributed by atoms with Gasteiger partial charge in [0.05, 0.1) is 18.1 Å². The largest absolute Gasteiger partial charge is 0.504 e. The van der Waals surface area contributed by atoms with Gasteiger partial charge >= 0.3 is 0 Å². The Labute approximate surface area is 198 Å². The van der Waals surface area contributed by atoms with Gasteiger partial charge in [-0.25, -0.2) is 0 Å². The van der Waals surface area contributed by atoms with Crippen LogP contribution in [0.3, 0.4) is 0 Å². The first kappa shape index (κ1) is 20.5. The van der Waals surface area contributed by atoms with Crippen LogP contribution in [-0.4, -0.2) is 58.8 Å². The number of hydrogen-bond donors (Lipinski definition) is 2. The molecule has 2 heterocycles. The number of likely N-dealkylation sites (tertiary alicyclic amines) is 1. The number of piperidine rings is 1. The summed E-state index contributed by atoms with van der Waals surface area (Å²) in [6.07, 6.45) is 5.23. The lowest BCUT2D eigenvalue weighted by molar-refractivity contribution is -0.179. The van der Waals surface area contributed by atoms with Crippen molar-refractivity contribution in [1.82, 2.24) is 4.90 Å². The number of aromatic hydroxyl groups is 1. The monoisotopic (exact) mass is 459 g/mol. The summed E-state index contributed by atoms with van der Waals surface area (Å²) in [5.41, 5.74) is 1.50. The van der Waals surface area contributed by atoms with Crippen LogP contribution in [0, 0.1) is 5.92 Å². The number of phenols is 1. The number of nitrogens with zero attached hydrogens (tertiary/aromatic N) is 1. The Morgan fingerprint density at radius 1 is 1.21 bits per heavy atom. The lowest BCUT2D eigenvalue weighted by Gasteiger charge is -2.62. The molecule has 4 atom stereocenters. The molecule has 1 spiro atoms. The van der Waals surface area contributed by atoms with Gasteiger partial charge < -0.3 is 19.7 Å². The minimum absolute atomic E-state index is 0.0530. The van der Waals surface area contributed by atoms with Crippen molar-refractivity contribution < 1.29 is 24.5 Å². The van der Waals surface area contributed by atoms with Gasteiger partial charge in [0.15, 0.2) is 23.4 Å². The van der Waals surface area contributed by atoms with Crippen molar-refractivity contribution in [3.63, 3.8) is 0 Å². The zero-order valence-electron chi connectivity index (χ0n) is 19.3. The van der Waals surface area contributed by atoms with Crippen molar-refractivity contribution in [2.45, 2.75) is 55.3 Å². The molecule has 6 heteroatoms. The number of phenolic OH excluding ortho intramolecular Hbond substituents is 1. The molecule has 3 aliphatic carbocycles. The van der Waals surface area contributed by atoms with Crippen LogP contribution in [-0.2, 0) is 16.6 Å². The van der Waals surface area contributed by atoms with E-state index in [0.29, 0.717) is 30.1 Å². The molecule has 2 bridgehead atoms. The van der Waals surface area contributed by atoms with E-state index in [1.807, 2.05) is 36.4 Å². The molecule has 34 heavy (non-hydrogen) atoms. The molecular formula is C28H29NO5. The minimum atomic E-state index is -1.14. The van der Waals surface area contributed by atoms with Crippen LogP contribution in [0.5, 0.6) is 17.2 Å². The summed E-state index contributed by atoms with van der Waals surface area (Å²) in [5, 5.41) is 23.3. The van der Waals surface area contributed by atoms with Crippen LogP contribution >= 0.6 is 0 Å². The highest BCUT2D eigenvalue weighted by molar-refractivity contribution is 6.06. The number of ether oxygens (including phenoxy) is 2. The van der Waals surface area contributed by atoms with Gasteiger partial charge in [-0.1, -0.05) is 18.2 Å². The van der Waals surface area contributed by atoms with Crippen LogP contribution in [0.25, 0.3) is 6.08 Å². The molecule has 1 saturated heterocycles. The summed E-state index contributed by atoms with van der Waals surface area (Å²) in [4.78, 5) is 16.3. The van der Waals surface area contributed by atoms with Crippen LogP contribution < -0.4 is 9.47 Å². The maximum atomic E-state index is 13.9. The number of ketones is 1. The lowest BCUT2D eigenvalue weighted by Crippen LogP contribution is -2.77. The predicted molar refractivity (Wildman–Crippen MR) is 126 cm³/mol. The number of benzene rings is 2. The molecule has 6 nitrogen and oxygen atoms in total. The Bertz CT molecular complexity index is 1230. The molecule has 0 amide bonds. The standard InChI is InChI=1S/C28H29NO5/c1-33-20-7-4-16(5-8-20)12-19-14-28(32)22-13-18-6-9-21(30)25-23(18)27(28,26(34-25)24(19)31)10-11-29(22)15-17-2-3-17/h4-9,12,17,22,26,30,32H,2-3,10-11,13-15H2,1H3/b19-12-/t22?,26-,27?,28+/m0/s1. The van der Waals surface area contributed by atoms with E-state index in [1.165, 1.54) is 12.8 Å². The van der Waals surface area contributed by atoms with E-state index < -0.39 is 17.1 Å². The molecule has 3 fully saturated rings. The molecule has 2 aromatic carbocycles. The average molecular weight is 460 g/mol. The van der Waals surface area contributed by atoms with Crippen molar-refractivity contribution >= 4 is 11.9 Å². The van der Waals surface area contributed by atoms with Crippen molar-refractivity contribution in [1.29, 1.82) is 0 Å². The summed E-state index contributed by atoms with van der Waals surface area (Å²) < 4.78 is 11.5. The molecule has 176 valence electrons. The van der Waals surface area contributed by atoms with E-state index in [4.69, 9.17) is 9.47 Å². The first-order valence-electron chi connectivity index (χ1n) is 12.3. The third-order valence-electron chi connectivity index (χ3n) is 8.98. The molecule has 2 aromatic rings. The number of aliphatic hydroxyl groups is 1. The zero-order chi connectivity index (χ0) is 23.2. The molecule has 5 aliphatic rings. The van der Waals surface area contributed by atoms with Gasteiger partial charge in [-0.2, -0.15) is 0 Å². The first-order valence-corrected chi connectivity index (χ1v) is 12.3. The highest BCUT2D eigenvalue weighted by Crippen LogP contribution is 2.65. The summed E-state index contributed by atoms with van der Waals surface area (Å²) in [6.45, 7) is 1.84. The topological polar surface area (TPSA) is 79.2 Å². The van der Waals surface area contributed by atoms with Gasteiger partial charge in [0.25, 0.3) is 0 Å². The van der Waals surface area contributed by atoms with E-state index >= 15 is 0 Å². The third-order valence-corrected chi connectivity index (χ3v) is 8.98. The Hall–Kier alpha value is -2.83. The van der Waals surface area contributed by atoms with Crippen LogP contribution in [0.1, 0.15) is 42.4 Å². The molecule has 2 unspecified atom stereocenters. The number of hydrogen-bond acceptors (Lipinski definition) is 6. The molecule has 2 aliphatic heterocycles. The molecule has 7 rings (SSSR count). The maximum absolute atomic E-state index is 13.9. The number of carbonyl (C=O) groups is 1. The lowest BCUT2D eigenvalue weighted by atomic mass is 9.48. The van der Waals surface area contributed by atoms with E-state index in [1.54, 1.807) is 13.2 Å². The fourth-order valence-corrected chi connectivity index (χ4v) is 7.21. The summed E-state index contributed by atoms with van der Waals surface area (Å²) in [7, 11) is 1.63. The Morgan fingerprint density at radius 3 is 2.74 bits per heavy atom. The van der Waals surface area contributed by atoms with E-state index in [-0.39, 0.29) is 24.0 Å². The average Bonchev–Trinajstić information content (AvgIpc) is 3.57. The van der Waals surface area contributed by atoms with Gasteiger partial charge in [-0.05, 0) is 73.5 Å².